The quantitative estimate of drug-likeness (QED) is 0.281. The number of carbonyl (C=O) groups is 2. The summed E-state index contributed by atoms with van der Waals surface area (Å²) in [6.45, 7) is 9.21. The molecule has 0 aromatic heterocycles. The maximum Gasteiger partial charge on any atom is 0.315 e. The number of nitrogens with one attached hydrogen (secondary N) is 3. The van der Waals surface area contributed by atoms with Gasteiger partial charge in [-0.1, -0.05) is 23.8 Å². The van der Waals surface area contributed by atoms with Gasteiger partial charge in [-0.2, -0.15) is 0 Å². The molecule has 3 fully saturated rings. The Morgan fingerprint density at radius 2 is 1.97 bits per heavy atom. The second-order valence-electron chi connectivity index (χ2n) is 11.1. The minimum atomic E-state index is -0.564. The van der Waals surface area contributed by atoms with Crippen LogP contribution >= 0.6 is 0 Å². The van der Waals surface area contributed by atoms with Gasteiger partial charge in [0.25, 0.3) is 0 Å². The minimum absolute atomic E-state index is 0.0564. The number of benzene rings is 1. The first-order valence-corrected chi connectivity index (χ1v) is 13.3. The van der Waals surface area contributed by atoms with E-state index in [-0.39, 0.29) is 47.3 Å². The predicted octanol–water partition coefficient (Wildman–Crippen LogP) is 2.89. The van der Waals surface area contributed by atoms with Crippen molar-refractivity contribution in [1.82, 2.24) is 10.6 Å². The highest BCUT2D eigenvalue weighted by Crippen LogP contribution is 2.59. The number of allylic oxidation sites excluding steroid dienone is 1. The number of methoxy groups -OCH3 is 1. The first kappa shape index (κ1) is 27.6. The molecule has 1 aromatic rings. The Morgan fingerprint density at radius 3 is 2.57 bits per heavy atom. The van der Waals surface area contributed by atoms with Crippen molar-refractivity contribution in [2.24, 2.45) is 11.7 Å². The second kappa shape index (κ2) is 11.1. The zero-order valence-corrected chi connectivity index (χ0v) is 22.6. The zero-order chi connectivity index (χ0) is 26.8. The fraction of sp³-hybridized carbons (Fsp3) is 0.643. The average Bonchev–Trinajstić information content (AvgIpc) is 3.77. The molecule has 1 saturated carbocycles. The summed E-state index contributed by atoms with van der Waals surface area (Å²) in [6, 6.07) is 6.64. The van der Waals surface area contributed by atoms with E-state index >= 15 is 0 Å². The van der Waals surface area contributed by atoms with Gasteiger partial charge in [0.1, 0.15) is 5.60 Å². The third-order valence-corrected chi connectivity index (χ3v) is 7.94. The molecule has 1 unspecified atom stereocenters. The maximum atomic E-state index is 12.8. The van der Waals surface area contributed by atoms with E-state index in [1.165, 1.54) is 5.57 Å². The van der Waals surface area contributed by atoms with Crippen LogP contribution in [0.4, 0.5) is 10.5 Å². The Kier molecular flexibility index (Phi) is 8.28. The van der Waals surface area contributed by atoms with E-state index in [0.717, 1.165) is 31.4 Å². The van der Waals surface area contributed by atoms with E-state index in [9.17, 15) is 9.59 Å². The lowest BCUT2D eigenvalue weighted by Crippen LogP contribution is -2.60. The standard InChI is InChI=1S/C28H42N4O5/c1-17(2)6-11-22-27(4,37-22)24-23(35-5)21(12-14-28(24)16-36-28)32-26(34)30-15-13-19-7-9-20(10-8-19)31-25(33)18(3)29/h6-10,18,21-24H,11-16,29H2,1-5H3,(H,31,33)(H2,30,32,34)/t18-,21+,22+,23+,24+,27?,28-/m0/s1. The molecule has 4 rings (SSSR count). The van der Waals surface area contributed by atoms with Gasteiger partial charge in [-0.15, -0.1) is 0 Å². The molecule has 1 aliphatic carbocycles. The number of hydrogen-bond donors (Lipinski definition) is 4. The van der Waals surface area contributed by atoms with E-state index in [0.29, 0.717) is 18.7 Å². The molecule has 9 heteroatoms. The van der Waals surface area contributed by atoms with Crippen molar-refractivity contribution in [3.05, 3.63) is 41.5 Å². The van der Waals surface area contributed by atoms with E-state index in [2.05, 4.69) is 42.8 Å². The van der Waals surface area contributed by atoms with Crippen LogP contribution in [0.2, 0.25) is 0 Å². The molecule has 2 saturated heterocycles. The van der Waals surface area contributed by atoms with E-state index in [1.807, 2.05) is 24.3 Å². The van der Waals surface area contributed by atoms with Crippen LogP contribution in [0.5, 0.6) is 0 Å². The molecule has 204 valence electrons. The number of ether oxygens (including phenoxy) is 3. The van der Waals surface area contributed by atoms with Crippen LogP contribution in [0.25, 0.3) is 0 Å². The molecule has 3 aliphatic rings. The molecule has 0 radical (unpaired) electrons. The molecule has 9 nitrogen and oxygen atoms in total. The molecule has 3 amide bonds. The summed E-state index contributed by atoms with van der Waals surface area (Å²) in [5.41, 5.74) is 8.08. The lowest BCUT2D eigenvalue weighted by molar-refractivity contribution is -0.117. The molecule has 5 N–H and O–H groups in total. The fourth-order valence-corrected chi connectivity index (χ4v) is 5.69. The van der Waals surface area contributed by atoms with Crippen molar-refractivity contribution in [3.8, 4) is 0 Å². The fourth-order valence-electron chi connectivity index (χ4n) is 5.69. The SMILES string of the molecule is CO[C@H]1[C@H](C2(C)O[C@@H]2CC=C(C)C)[C@]2(CC[C@H]1NC(=O)NCCc1ccc(NC(=O)[C@H](C)N)cc1)CO2. The van der Waals surface area contributed by atoms with Gasteiger partial charge < -0.3 is 35.9 Å². The number of nitrogens with two attached hydrogens (primary N) is 1. The smallest absolute Gasteiger partial charge is 0.315 e. The summed E-state index contributed by atoms with van der Waals surface area (Å²) in [5, 5.41) is 8.89. The largest absolute Gasteiger partial charge is 0.379 e. The Labute approximate surface area is 219 Å². The first-order chi connectivity index (χ1) is 17.6. The van der Waals surface area contributed by atoms with Crippen LogP contribution in [0.15, 0.2) is 35.9 Å². The highest BCUT2D eigenvalue weighted by Gasteiger charge is 2.71. The van der Waals surface area contributed by atoms with Gasteiger partial charge >= 0.3 is 6.03 Å². The minimum Gasteiger partial charge on any atom is -0.379 e. The molecular formula is C28H42N4O5. The predicted molar refractivity (Wildman–Crippen MR) is 142 cm³/mol. The summed E-state index contributed by atoms with van der Waals surface area (Å²) >= 11 is 0. The van der Waals surface area contributed by atoms with Gasteiger partial charge in [-0.25, -0.2) is 4.79 Å². The van der Waals surface area contributed by atoms with Gasteiger partial charge in [0, 0.05) is 25.3 Å². The molecule has 1 aromatic carbocycles. The van der Waals surface area contributed by atoms with E-state index < -0.39 is 6.04 Å². The molecular weight excluding hydrogens is 472 g/mol. The first-order valence-electron chi connectivity index (χ1n) is 13.3. The van der Waals surface area contributed by atoms with Crippen LogP contribution in [0, 0.1) is 5.92 Å². The molecule has 1 spiro atoms. The van der Waals surface area contributed by atoms with Crippen molar-refractivity contribution in [2.75, 3.05) is 25.6 Å². The van der Waals surface area contributed by atoms with E-state index in [4.69, 9.17) is 19.9 Å². The summed E-state index contributed by atoms with van der Waals surface area (Å²) < 4.78 is 18.3. The van der Waals surface area contributed by atoms with Gasteiger partial charge in [-0.05, 0) is 71.1 Å². The molecule has 37 heavy (non-hydrogen) atoms. The van der Waals surface area contributed by atoms with Gasteiger partial charge in [0.15, 0.2) is 0 Å². The number of amides is 3. The Balaban J connectivity index is 1.29. The third kappa shape index (κ3) is 6.34. The number of carbonyl (C=O) groups excluding carboxylic acids is 2. The summed E-state index contributed by atoms with van der Waals surface area (Å²) in [4.78, 5) is 24.5. The van der Waals surface area contributed by atoms with Crippen LogP contribution in [-0.4, -0.2) is 67.7 Å². The number of rotatable bonds is 10. The van der Waals surface area contributed by atoms with Crippen molar-refractivity contribution in [2.45, 2.75) is 88.9 Å². The van der Waals surface area contributed by atoms with Gasteiger partial charge in [0.2, 0.25) is 5.91 Å². The molecule has 7 atom stereocenters. The number of epoxide rings is 2. The molecule has 2 aliphatic heterocycles. The Morgan fingerprint density at radius 1 is 1.27 bits per heavy atom. The highest BCUT2D eigenvalue weighted by molar-refractivity contribution is 5.94. The Hall–Kier alpha value is -2.46. The number of urea groups is 1. The monoisotopic (exact) mass is 514 g/mol. The second-order valence-corrected chi connectivity index (χ2v) is 11.1. The van der Waals surface area contributed by atoms with Crippen molar-refractivity contribution in [1.29, 1.82) is 0 Å². The van der Waals surface area contributed by atoms with Gasteiger partial charge in [-0.3, -0.25) is 4.79 Å². The summed E-state index contributed by atoms with van der Waals surface area (Å²) in [5.74, 6) is -0.170. The van der Waals surface area contributed by atoms with E-state index in [1.54, 1.807) is 14.0 Å². The van der Waals surface area contributed by atoms with Crippen molar-refractivity contribution >= 4 is 17.6 Å². The topological polar surface area (TPSA) is 131 Å². The Bertz CT molecular complexity index is 1000. The van der Waals surface area contributed by atoms with Crippen LogP contribution in [-0.2, 0) is 25.4 Å². The maximum absolute atomic E-state index is 12.8. The lowest BCUT2D eigenvalue weighted by Gasteiger charge is -2.43. The highest BCUT2D eigenvalue weighted by atomic mass is 16.6. The van der Waals surface area contributed by atoms with Crippen LogP contribution < -0.4 is 21.7 Å². The number of hydrogen-bond acceptors (Lipinski definition) is 6. The summed E-state index contributed by atoms with van der Waals surface area (Å²) in [7, 11) is 1.71. The van der Waals surface area contributed by atoms with Crippen molar-refractivity contribution < 1.29 is 23.8 Å². The van der Waals surface area contributed by atoms with Gasteiger partial charge in [0.05, 0.1) is 36.5 Å². The third-order valence-electron chi connectivity index (χ3n) is 7.94. The van der Waals surface area contributed by atoms with Crippen molar-refractivity contribution in [3.63, 3.8) is 0 Å². The number of anilines is 1. The van der Waals surface area contributed by atoms with Crippen LogP contribution in [0.1, 0.15) is 52.5 Å². The zero-order valence-electron chi connectivity index (χ0n) is 22.6. The molecule has 2 heterocycles. The normalized spacial score (nSPS) is 32.8. The average molecular weight is 515 g/mol. The summed E-state index contributed by atoms with van der Waals surface area (Å²) in [6.07, 6.45) is 5.38. The lowest BCUT2D eigenvalue weighted by atomic mass is 9.67. The molecule has 0 bridgehead atoms. The van der Waals surface area contributed by atoms with Crippen LogP contribution in [0.3, 0.4) is 0 Å².